The molecule has 1 saturated heterocycles. The minimum atomic E-state index is -3.66. The van der Waals surface area contributed by atoms with Gasteiger partial charge in [-0.3, -0.25) is 0 Å². The number of piperazine rings is 1. The number of sulfonamides is 1. The summed E-state index contributed by atoms with van der Waals surface area (Å²) in [4.78, 5) is -0.0202. The number of benzene rings is 1. The SMILES string of the molecule is C[C@H]1CN(S(=O)(=O)c2c(Cl)cc(Br)cc2Cl)CCN1. The highest BCUT2D eigenvalue weighted by Crippen LogP contribution is 2.34. The van der Waals surface area contributed by atoms with Gasteiger partial charge in [-0.05, 0) is 19.1 Å². The molecule has 1 aromatic rings. The molecule has 1 N–H and O–H groups in total. The summed E-state index contributed by atoms with van der Waals surface area (Å²) in [7, 11) is -3.66. The standard InChI is InChI=1S/C11H13BrCl2N2O2S/c1-7-6-16(3-2-15-7)19(17,18)11-9(13)4-8(12)5-10(11)14/h4-5,7,15H,2-3,6H2,1H3/t7-/m0/s1. The Morgan fingerprint density at radius 3 is 2.47 bits per heavy atom. The van der Waals surface area contributed by atoms with Gasteiger partial charge in [-0.1, -0.05) is 39.1 Å². The van der Waals surface area contributed by atoms with Crippen LogP contribution in [0.4, 0.5) is 0 Å². The van der Waals surface area contributed by atoms with Crippen LogP contribution < -0.4 is 5.32 Å². The summed E-state index contributed by atoms with van der Waals surface area (Å²) >= 11 is 15.3. The fourth-order valence-corrected chi connectivity index (χ4v) is 5.43. The molecule has 0 saturated carbocycles. The van der Waals surface area contributed by atoms with Crippen LogP contribution in [0.25, 0.3) is 0 Å². The van der Waals surface area contributed by atoms with E-state index < -0.39 is 10.0 Å². The minimum Gasteiger partial charge on any atom is -0.312 e. The van der Waals surface area contributed by atoms with E-state index in [1.807, 2.05) is 6.92 Å². The van der Waals surface area contributed by atoms with E-state index in [-0.39, 0.29) is 21.0 Å². The monoisotopic (exact) mass is 386 g/mol. The lowest BCUT2D eigenvalue weighted by Crippen LogP contribution is -2.51. The maximum absolute atomic E-state index is 12.6. The average Bonchev–Trinajstić information content (AvgIpc) is 2.26. The summed E-state index contributed by atoms with van der Waals surface area (Å²) in [6.45, 7) is 3.37. The first-order chi connectivity index (χ1) is 8.82. The molecule has 0 aliphatic carbocycles. The summed E-state index contributed by atoms with van der Waals surface area (Å²) < 4.78 is 27.3. The maximum Gasteiger partial charge on any atom is 0.246 e. The molecular formula is C11H13BrCl2N2O2S. The lowest BCUT2D eigenvalue weighted by atomic mass is 10.3. The first-order valence-corrected chi connectivity index (χ1v) is 8.69. The Morgan fingerprint density at radius 2 is 1.95 bits per heavy atom. The van der Waals surface area contributed by atoms with Crippen LogP contribution in [0.2, 0.25) is 10.0 Å². The van der Waals surface area contributed by atoms with Gasteiger partial charge in [0.15, 0.2) is 0 Å². The van der Waals surface area contributed by atoms with Gasteiger partial charge in [0.25, 0.3) is 0 Å². The average molecular weight is 388 g/mol. The summed E-state index contributed by atoms with van der Waals surface area (Å²) in [6, 6.07) is 3.18. The second kappa shape index (κ2) is 5.87. The molecule has 0 unspecified atom stereocenters. The molecule has 0 bridgehead atoms. The van der Waals surface area contributed by atoms with Crippen molar-refractivity contribution in [2.24, 2.45) is 0 Å². The second-order valence-corrected chi connectivity index (χ2v) is 8.02. The normalized spacial score (nSPS) is 21.6. The van der Waals surface area contributed by atoms with Gasteiger partial charge in [0.2, 0.25) is 10.0 Å². The van der Waals surface area contributed by atoms with E-state index in [4.69, 9.17) is 23.2 Å². The molecule has 1 atom stereocenters. The zero-order valence-corrected chi connectivity index (χ0v) is 14.1. The Kier molecular flexibility index (Phi) is 4.80. The first-order valence-electron chi connectivity index (χ1n) is 5.70. The van der Waals surface area contributed by atoms with Crippen LogP contribution in [-0.4, -0.2) is 38.4 Å². The third kappa shape index (κ3) is 3.25. The smallest absolute Gasteiger partial charge is 0.246 e. The van der Waals surface area contributed by atoms with Crippen molar-refractivity contribution in [2.45, 2.75) is 17.9 Å². The van der Waals surface area contributed by atoms with E-state index in [2.05, 4.69) is 21.2 Å². The Hall–Kier alpha value is 0.150. The predicted octanol–water partition coefficient (Wildman–Crippen LogP) is 2.74. The summed E-state index contributed by atoms with van der Waals surface area (Å²) in [6.07, 6.45) is 0. The molecule has 8 heteroatoms. The molecule has 0 amide bonds. The Morgan fingerprint density at radius 1 is 1.37 bits per heavy atom. The Balaban J connectivity index is 2.45. The highest BCUT2D eigenvalue weighted by molar-refractivity contribution is 9.10. The number of hydrogen-bond donors (Lipinski definition) is 1. The van der Waals surface area contributed by atoms with Crippen LogP contribution in [0.1, 0.15) is 6.92 Å². The van der Waals surface area contributed by atoms with Crippen molar-refractivity contribution >= 4 is 49.2 Å². The molecule has 1 aromatic carbocycles. The third-order valence-electron chi connectivity index (χ3n) is 2.89. The number of nitrogens with one attached hydrogen (secondary N) is 1. The fraction of sp³-hybridized carbons (Fsp3) is 0.455. The van der Waals surface area contributed by atoms with Crippen molar-refractivity contribution in [3.05, 3.63) is 26.7 Å². The van der Waals surface area contributed by atoms with Gasteiger partial charge in [-0.2, -0.15) is 4.31 Å². The largest absolute Gasteiger partial charge is 0.312 e. The van der Waals surface area contributed by atoms with Gasteiger partial charge in [0, 0.05) is 30.1 Å². The van der Waals surface area contributed by atoms with Crippen molar-refractivity contribution in [3.63, 3.8) is 0 Å². The number of nitrogens with zero attached hydrogens (tertiary/aromatic N) is 1. The lowest BCUT2D eigenvalue weighted by Gasteiger charge is -2.31. The molecule has 2 rings (SSSR count). The van der Waals surface area contributed by atoms with Crippen molar-refractivity contribution in [1.29, 1.82) is 0 Å². The van der Waals surface area contributed by atoms with Gasteiger partial charge >= 0.3 is 0 Å². The summed E-state index contributed by atoms with van der Waals surface area (Å²) in [5.74, 6) is 0. The maximum atomic E-state index is 12.6. The van der Waals surface area contributed by atoms with Crippen LogP contribution >= 0.6 is 39.1 Å². The molecule has 19 heavy (non-hydrogen) atoms. The van der Waals surface area contributed by atoms with Crippen LogP contribution in [0.3, 0.4) is 0 Å². The second-order valence-electron chi connectivity index (χ2n) is 4.42. The molecule has 1 heterocycles. The van der Waals surface area contributed by atoms with E-state index in [9.17, 15) is 8.42 Å². The van der Waals surface area contributed by atoms with Crippen LogP contribution in [0.15, 0.2) is 21.5 Å². The third-order valence-corrected chi connectivity index (χ3v) is 6.14. The zero-order chi connectivity index (χ0) is 14.2. The van der Waals surface area contributed by atoms with Gasteiger partial charge in [-0.25, -0.2) is 8.42 Å². The topological polar surface area (TPSA) is 49.4 Å². The predicted molar refractivity (Wildman–Crippen MR) is 80.4 cm³/mol. The van der Waals surface area contributed by atoms with E-state index >= 15 is 0 Å². The van der Waals surface area contributed by atoms with Crippen molar-refractivity contribution in [1.82, 2.24) is 9.62 Å². The Bertz CT molecular complexity index is 571. The fourth-order valence-electron chi connectivity index (χ4n) is 2.02. The van der Waals surface area contributed by atoms with Gasteiger partial charge in [0.05, 0.1) is 10.0 Å². The molecule has 0 spiro atoms. The van der Waals surface area contributed by atoms with E-state index in [1.54, 1.807) is 0 Å². The highest BCUT2D eigenvalue weighted by atomic mass is 79.9. The van der Waals surface area contributed by atoms with Crippen molar-refractivity contribution in [3.8, 4) is 0 Å². The molecule has 4 nitrogen and oxygen atoms in total. The number of hydrogen-bond acceptors (Lipinski definition) is 3. The van der Waals surface area contributed by atoms with Crippen LogP contribution in [-0.2, 0) is 10.0 Å². The summed E-state index contributed by atoms with van der Waals surface area (Å²) in [5.41, 5.74) is 0. The summed E-state index contributed by atoms with van der Waals surface area (Å²) in [5, 5.41) is 3.45. The van der Waals surface area contributed by atoms with Crippen molar-refractivity contribution in [2.75, 3.05) is 19.6 Å². The zero-order valence-electron chi connectivity index (χ0n) is 10.2. The van der Waals surface area contributed by atoms with Gasteiger partial charge in [-0.15, -0.1) is 0 Å². The Labute approximate surface area is 131 Å². The molecule has 1 fully saturated rings. The molecule has 1 aliphatic heterocycles. The molecule has 0 radical (unpaired) electrons. The highest BCUT2D eigenvalue weighted by Gasteiger charge is 2.32. The molecule has 1 aliphatic rings. The van der Waals surface area contributed by atoms with Crippen LogP contribution in [0, 0.1) is 0 Å². The molecular weight excluding hydrogens is 375 g/mol. The quantitative estimate of drug-likeness (QED) is 0.848. The molecule has 0 aromatic heterocycles. The lowest BCUT2D eigenvalue weighted by molar-refractivity contribution is 0.310. The number of halogens is 3. The number of rotatable bonds is 2. The van der Waals surface area contributed by atoms with E-state index in [1.165, 1.54) is 16.4 Å². The van der Waals surface area contributed by atoms with E-state index in [0.29, 0.717) is 24.1 Å². The van der Waals surface area contributed by atoms with Gasteiger partial charge in [0.1, 0.15) is 4.90 Å². The van der Waals surface area contributed by atoms with E-state index in [0.717, 1.165) is 0 Å². The van der Waals surface area contributed by atoms with Crippen LogP contribution in [0.5, 0.6) is 0 Å². The van der Waals surface area contributed by atoms with Crippen molar-refractivity contribution < 1.29 is 8.42 Å². The molecule has 106 valence electrons. The first kappa shape index (κ1) is 15.5. The van der Waals surface area contributed by atoms with Gasteiger partial charge < -0.3 is 5.32 Å². The minimum absolute atomic E-state index is 0.0202.